The molecule has 0 saturated carbocycles. The molecular weight excluding hydrogens is 582 g/mol. The Morgan fingerprint density at radius 2 is 1.93 bits per heavy atom. The lowest BCUT2D eigenvalue weighted by molar-refractivity contribution is -0.146. The van der Waals surface area contributed by atoms with Gasteiger partial charge in [0, 0.05) is 40.4 Å². The van der Waals surface area contributed by atoms with Crippen LogP contribution < -0.4 is 4.90 Å². The van der Waals surface area contributed by atoms with Gasteiger partial charge in [-0.05, 0) is 80.6 Å². The van der Waals surface area contributed by atoms with Crippen LogP contribution in [0, 0.1) is 30.0 Å². The van der Waals surface area contributed by atoms with Gasteiger partial charge in [-0.2, -0.15) is 9.23 Å². The van der Waals surface area contributed by atoms with Crippen molar-refractivity contribution in [2.45, 2.75) is 37.6 Å². The second-order valence-electron chi connectivity index (χ2n) is 10.9. The Balaban J connectivity index is 1.57. The van der Waals surface area contributed by atoms with Crippen LogP contribution in [0.5, 0.6) is 0 Å². The number of aromatic nitrogens is 1. The van der Waals surface area contributed by atoms with Crippen molar-refractivity contribution >= 4 is 45.3 Å². The molecule has 5 aromatic rings. The summed E-state index contributed by atoms with van der Waals surface area (Å²) in [6.07, 6.45) is 1.36. The van der Waals surface area contributed by atoms with Crippen LogP contribution in [0.15, 0.2) is 83.1 Å². The van der Waals surface area contributed by atoms with Crippen molar-refractivity contribution in [1.29, 1.82) is 5.26 Å². The van der Waals surface area contributed by atoms with E-state index in [2.05, 4.69) is 24.0 Å². The zero-order valence-electron chi connectivity index (χ0n) is 24.0. The summed E-state index contributed by atoms with van der Waals surface area (Å²) < 4.78 is 36.0. The molecule has 43 heavy (non-hydrogen) atoms. The Bertz CT molecular complexity index is 1860. The first kappa shape index (κ1) is 29.0. The molecule has 3 aromatic carbocycles. The van der Waals surface area contributed by atoms with Crippen molar-refractivity contribution in [3.05, 3.63) is 94.4 Å². The number of thiophene rings is 1. The van der Waals surface area contributed by atoms with Gasteiger partial charge in [-0.25, -0.2) is 4.39 Å². The van der Waals surface area contributed by atoms with Gasteiger partial charge < -0.3 is 14.2 Å². The number of carbonyl (C=O) groups is 1. The van der Waals surface area contributed by atoms with Crippen LogP contribution in [-0.2, 0) is 20.9 Å². The molecule has 0 radical (unpaired) electrons. The summed E-state index contributed by atoms with van der Waals surface area (Å²) in [5, 5.41) is 12.4. The summed E-state index contributed by atoms with van der Waals surface area (Å²) in [5.74, 6) is -0.726. The van der Waals surface area contributed by atoms with Crippen LogP contribution in [0.3, 0.4) is 0 Å². The third-order valence-electron chi connectivity index (χ3n) is 8.17. The molecule has 6 nitrogen and oxygen atoms in total. The monoisotopic (exact) mass is 611 g/mol. The van der Waals surface area contributed by atoms with E-state index < -0.39 is 17.2 Å². The molecular formula is C34H30FN3O3S2. The zero-order valence-corrected chi connectivity index (χ0v) is 25.7. The minimum atomic E-state index is -1.68. The molecule has 0 bridgehead atoms. The summed E-state index contributed by atoms with van der Waals surface area (Å²) in [4.78, 5) is 15.6. The van der Waals surface area contributed by atoms with E-state index in [9.17, 15) is 19.0 Å². The molecule has 1 fully saturated rings. The van der Waals surface area contributed by atoms with Crippen molar-refractivity contribution < 1.29 is 18.5 Å². The van der Waals surface area contributed by atoms with Gasteiger partial charge in [0.25, 0.3) is 0 Å². The number of halogens is 1. The minimum Gasteiger partial charge on any atom is -0.587 e. The molecule has 3 atom stereocenters. The quantitative estimate of drug-likeness (QED) is 0.145. The maximum absolute atomic E-state index is 14.8. The fourth-order valence-corrected chi connectivity index (χ4v) is 8.03. The number of nitrogens with zero attached hydrogens (tertiary/aromatic N) is 3. The summed E-state index contributed by atoms with van der Waals surface area (Å²) in [6.45, 7) is 4.76. The van der Waals surface area contributed by atoms with Crippen molar-refractivity contribution in [3.8, 4) is 28.5 Å². The Morgan fingerprint density at radius 1 is 1.14 bits per heavy atom. The van der Waals surface area contributed by atoms with Gasteiger partial charge in [0.15, 0.2) is 4.90 Å². The van der Waals surface area contributed by atoms with E-state index in [1.54, 1.807) is 10.0 Å². The number of nitriles is 1. The molecule has 0 N–H and O–H groups in total. The molecule has 0 spiro atoms. The standard InChI is InChI=1S/C34H30FN3O3S2/c1-21-7-10-27(11-8-21)43(40)38-30-12-9-25(35)19-29(30)32(28-14-16-42-31(28)20-36)33(38)23-5-4-6-26(18-23)37-15-13-24(17-22(37)2)34(39)41-3/h4-12,14,16,18-19,22,24H,13,15,17H2,1-3H3. The van der Waals surface area contributed by atoms with E-state index in [1.807, 2.05) is 60.8 Å². The number of piperidine rings is 1. The molecule has 1 aliphatic rings. The van der Waals surface area contributed by atoms with Crippen LogP contribution in [0.25, 0.3) is 33.3 Å². The topological polar surface area (TPSA) is 81.3 Å². The summed E-state index contributed by atoms with van der Waals surface area (Å²) >= 11 is -0.356. The van der Waals surface area contributed by atoms with Gasteiger partial charge in [-0.1, -0.05) is 29.8 Å². The summed E-state index contributed by atoms with van der Waals surface area (Å²) in [5.41, 5.74) is 5.41. The fraction of sp³-hybridized carbons (Fsp3) is 0.235. The molecule has 3 heterocycles. The Labute approximate surface area is 257 Å². The van der Waals surface area contributed by atoms with E-state index in [0.717, 1.165) is 16.8 Å². The van der Waals surface area contributed by atoms with Gasteiger partial charge in [0.1, 0.15) is 33.8 Å². The summed E-state index contributed by atoms with van der Waals surface area (Å²) in [6, 6.07) is 24.3. The fourth-order valence-electron chi connectivity index (χ4n) is 6.06. The van der Waals surface area contributed by atoms with Crippen LogP contribution in [0.4, 0.5) is 10.1 Å². The smallest absolute Gasteiger partial charge is 0.308 e. The van der Waals surface area contributed by atoms with Crippen molar-refractivity contribution in [3.63, 3.8) is 0 Å². The molecule has 3 unspecified atom stereocenters. The Morgan fingerprint density at radius 3 is 2.65 bits per heavy atom. The number of aryl methyl sites for hydroxylation is 1. The van der Waals surface area contributed by atoms with Crippen LogP contribution in [-0.4, -0.2) is 34.2 Å². The lowest BCUT2D eigenvalue weighted by Gasteiger charge is -2.38. The highest BCUT2D eigenvalue weighted by Crippen LogP contribution is 2.46. The van der Waals surface area contributed by atoms with E-state index in [1.165, 1.54) is 30.6 Å². The average Bonchev–Trinajstić information content (AvgIpc) is 3.62. The highest BCUT2D eigenvalue weighted by Gasteiger charge is 2.33. The van der Waals surface area contributed by atoms with E-state index in [-0.39, 0.29) is 17.9 Å². The van der Waals surface area contributed by atoms with E-state index in [0.29, 0.717) is 56.9 Å². The third-order valence-corrected chi connectivity index (χ3v) is 10.4. The predicted molar refractivity (Wildman–Crippen MR) is 170 cm³/mol. The second kappa shape index (κ2) is 11.9. The minimum absolute atomic E-state index is 0.0938. The van der Waals surface area contributed by atoms with Crippen molar-refractivity contribution in [1.82, 2.24) is 3.97 Å². The van der Waals surface area contributed by atoms with Gasteiger partial charge in [0.05, 0.1) is 18.5 Å². The summed E-state index contributed by atoms with van der Waals surface area (Å²) in [7, 11) is 1.43. The number of hydrogen-bond donors (Lipinski definition) is 0. The second-order valence-corrected chi connectivity index (χ2v) is 13.1. The number of carbonyl (C=O) groups excluding carboxylic acids is 1. The van der Waals surface area contributed by atoms with Crippen molar-refractivity contribution in [2.24, 2.45) is 5.92 Å². The molecule has 2 aromatic heterocycles. The SMILES string of the molecule is COC(=O)C1CCN(c2cccc(-c3c(-c4ccsc4C#N)c4cc(F)ccc4n3[S+]([O-])c3ccc(C)cc3)c2)C(C)C1. The Kier molecular flexibility index (Phi) is 8.01. The van der Waals surface area contributed by atoms with E-state index >= 15 is 0 Å². The lowest BCUT2D eigenvalue weighted by Crippen LogP contribution is -2.43. The van der Waals surface area contributed by atoms with Crippen LogP contribution in [0.1, 0.15) is 30.2 Å². The molecule has 6 rings (SSSR count). The van der Waals surface area contributed by atoms with Crippen molar-refractivity contribution in [2.75, 3.05) is 18.6 Å². The first-order chi connectivity index (χ1) is 20.8. The lowest BCUT2D eigenvalue weighted by atomic mass is 9.91. The Hall–Kier alpha value is -4.10. The van der Waals surface area contributed by atoms with Gasteiger partial charge >= 0.3 is 5.97 Å². The molecule has 218 valence electrons. The molecule has 1 saturated heterocycles. The van der Waals surface area contributed by atoms with Gasteiger partial charge in [0.2, 0.25) is 0 Å². The van der Waals surface area contributed by atoms with Gasteiger partial charge in [-0.3, -0.25) is 4.79 Å². The normalized spacial score (nSPS) is 17.5. The number of fused-ring (bicyclic) bond motifs is 1. The third kappa shape index (κ3) is 5.31. The molecule has 0 aliphatic carbocycles. The number of esters is 1. The first-order valence-electron chi connectivity index (χ1n) is 14.1. The maximum Gasteiger partial charge on any atom is 0.308 e. The zero-order chi connectivity index (χ0) is 30.2. The van der Waals surface area contributed by atoms with Crippen LogP contribution in [0.2, 0.25) is 0 Å². The largest absolute Gasteiger partial charge is 0.587 e. The molecule has 9 heteroatoms. The number of methoxy groups -OCH3 is 1. The number of ether oxygens (including phenoxy) is 1. The molecule has 0 amide bonds. The highest BCUT2D eigenvalue weighted by molar-refractivity contribution is 7.90. The number of rotatable bonds is 6. The van der Waals surface area contributed by atoms with Crippen LogP contribution >= 0.6 is 11.3 Å². The average molecular weight is 612 g/mol. The highest BCUT2D eigenvalue weighted by atomic mass is 32.2. The number of hydrogen-bond acceptors (Lipinski definition) is 6. The molecule has 1 aliphatic heterocycles. The van der Waals surface area contributed by atoms with E-state index in [4.69, 9.17) is 4.74 Å². The predicted octanol–water partition coefficient (Wildman–Crippen LogP) is 7.70. The number of anilines is 1. The van der Waals surface area contributed by atoms with Gasteiger partial charge in [-0.15, -0.1) is 11.3 Å². The number of benzene rings is 3. The first-order valence-corrected chi connectivity index (χ1v) is 16.0. The maximum atomic E-state index is 14.8.